The summed E-state index contributed by atoms with van der Waals surface area (Å²) in [6.07, 6.45) is 4.89. The average molecular weight is 280 g/mol. The van der Waals surface area contributed by atoms with E-state index in [1.165, 1.54) is 0 Å². The molecule has 20 heavy (non-hydrogen) atoms. The number of anilines is 1. The van der Waals surface area contributed by atoms with E-state index in [1.54, 1.807) is 29.0 Å². The van der Waals surface area contributed by atoms with E-state index in [1.807, 2.05) is 6.92 Å². The van der Waals surface area contributed by atoms with Crippen LogP contribution >= 0.6 is 0 Å². The van der Waals surface area contributed by atoms with E-state index < -0.39 is 11.4 Å². The van der Waals surface area contributed by atoms with Crippen molar-refractivity contribution in [1.82, 2.24) is 14.7 Å². The zero-order valence-electron chi connectivity index (χ0n) is 11.8. The van der Waals surface area contributed by atoms with Gasteiger partial charge in [-0.15, -0.1) is 0 Å². The molecule has 0 spiro atoms. The van der Waals surface area contributed by atoms with Gasteiger partial charge >= 0.3 is 12.0 Å². The van der Waals surface area contributed by atoms with Crippen LogP contribution in [0.15, 0.2) is 12.4 Å². The molecule has 1 fully saturated rings. The number of rotatable bonds is 3. The number of carbonyl (C=O) groups is 2. The summed E-state index contributed by atoms with van der Waals surface area (Å²) in [6, 6.07) is -0.201. The van der Waals surface area contributed by atoms with Crippen LogP contribution < -0.4 is 5.32 Å². The van der Waals surface area contributed by atoms with Crippen LogP contribution in [0.4, 0.5) is 10.5 Å². The third-order valence-corrected chi connectivity index (χ3v) is 4.09. The Morgan fingerprint density at radius 3 is 2.55 bits per heavy atom. The topological polar surface area (TPSA) is 87.5 Å². The first-order valence-electron chi connectivity index (χ1n) is 6.75. The number of carboxylic acid groups (broad SMARTS) is 1. The zero-order chi connectivity index (χ0) is 14.8. The van der Waals surface area contributed by atoms with Crippen LogP contribution in [0.5, 0.6) is 0 Å². The Labute approximate surface area is 117 Å². The van der Waals surface area contributed by atoms with Crippen LogP contribution in [0.3, 0.4) is 0 Å². The van der Waals surface area contributed by atoms with Crippen molar-refractivity contribution < 1.29 is 14.7 Å². The van der Waals surface area contributed by atoms with Crippen molar-refractivity contribution >= 4 is 17.7 Å². The lowest BCUT2D eigenvalue weighted by Gasteiger charge is -2.38. The predicted molar refractivity (Wildman–Crippen MR) is 73.4 cm³/mol. The van der Waals surface area contributed by atoms with E-state index in [0.717, 1.165) is 0 Å². The molecule has 2 heterocycles. The lowest BCUT2D eigenvalue weighted by atomic mass is 9.76. The normalized spacial score (nSPS) is 17.8. The number of nitrogens with zero attached hydrogens (tertiary/aromatic N) is 3. The van der Waals surface area contributed by atoms with Gasteiger partial charge in [-0.3, -0.25) is 9.48 Å². The Morgan fingerprint density at radius 1 is 1.45 bits per heavy atom. The summed E-state index contributed by atoms with van der Waals surface area (Å²) >= 11 is 0. The highest BCUT2D eigenvalue weighted by Crippen LogP contribution is 2.35. The largest absolute Gasteiger partial charge is 0.481 e. The number of hydrogen-bond donors (Lipinski definition) is 2. The Balaban J connectivity index is 1.93. The molecular formula is C13H20N4O3. The highest BCUT2D eigenvalue weighted by atomic mass is 16.4. The van der Waals surface area contributed by atoms with Gasteiger partial charge in [-0.05, 0) is 19.3 Å². The second-order valence-corrected chi connectivity index (χ2v) is 5.26. The number of nitrogens with one attached hydrogen (secondary N) is 1. The van der Waals surface area contributed by atoms with Crippen molar-refractivity contribution in [2.45, 2.75) is 26.2 Å². The minimum absolute atomic E-state index is 0.201. The maximum Gasteiger partial charge on any atom is 0.321 e. The van der Waals surface area contributed by atoms with E-state index in [4.69, 9.17) is 0 Å². The molecule has 1 aromatic rings. The van der Waals surface area contributed by atoms with E-state index in [0.29, 0.717) is 38.0 Å². The lowest BCUT2D eigenvalue weighted by Crippen LogP contribution is -2.47. The number of piperidine rings is 1. The third kappa shape index (κ3) is 2.76. The first-order chi connectivity index (χ1) is 9.47. The van der Waals surface area contributed by atoms with Gasteiger partial charge in [0.05, 0.1) is 17.3 Å². The fourth-order valence-electron chi connectivity index (χ4n) is 2.54. The van der Waals surface area contributed by atoms with Crippen LogP contribution in [-0.4, -0.2) is 44.9 Å². The molecular weight excluding hydrogens is 260 g/mol. The summed E-state index contributed by atoms with van der Waals surface area (Å²) < 4.78 is 1.61. The van der Waals surface area contributed by atoms with Gasteiger partial charge in [0.1, 0.15) is 0 Å². The van der Waals surface area contributed by atoms with Crippen LogP contribution in [0.2, 0.25) is 0 Å². The maximum absolute atomic E-state index is 12.1. The lowest BCUT2D eigenvalue weighted by molar-refractivity contribution is -0.151. The van der Waals surface area contributed by atoms with E-state index in [-0.39, 0.29) is 6.03 Å². The Morgan fingerprint density at radius 2 is 2.10 bits per heavy atom. The molecule has 110 valence electrons. The highest BCUT2D eigenvalue weighted by Gasteiger charge is 2.40. The number of aromatic nitrogens is 2. The molecule has 2 rings (SSSR count). The van der Waals surface area contributed by atoms with Gasteiger partial charge in [0.2, 0.25) is 0 Å². The van der Waals surface area contributed by atoms with Gasteiger partial charge in [-0.25, -0.2) is 4.79 Å². The fraction of sp³-hybridized carbons (Fsp3) is 0.615. The molecule has 0 atom stereocenters. The Hall–Kier alpha value is -2.05. The maximum atomic E-state index is 12.1. The van der Waals surface area contributed by atoms with Crippen molar-refractivity contribution in [3.05, 3.63) is 12.4 Å². The smallest absolute Gasteiger partial charge is 0.321 e. The molecule has 0 aliphatic carbocycles. The summed E-state index contributed by atoms with van der Waals surface area (Å²) in [6.45, 7) is 2.82. The molecule has 0 unspecified atom stereocenters. The fourth-order valence-corrected chi connectivity index (χ4v) is 2.54. The van der Waals surface area contributed by atoms with Crippen molar-refractivity contribution in [1.29, 1.82) is 0 Å². The number of aryl methyl sites for hydroxylation is 1. The molecule has 1 aliphatic rings. The predicted octanol–water partition coefficient (Wildman–Crippen LogP) is 1.53. The van der Waals surface area contributed by atoms with E-state index >= 15 is 0 Å². The average Bonchev–Trinajstić information content (AvgIpc) is 2.84. The van der Waals surface area contributed by atoms with Crippen molar-refractivity contribution in [3.8, 4) is 0 Å². The van der Waals surface area contributed by atoms with Crippen LogP contribution in [0, 0.1) is 5.41 Å². The second kappa shape index (κ2) is 5.52. The van der Waals surface area contributed by atoms with Crippen LogP contribution in [-0.2, 0) is 11.8 Å². The van der Waals surface area contributed by atoms with Gasteiger partial charge in [0, 0.05) is 26.3 Å². The molecule has 7 heteroatoms. The Bertz CT molecular complexity index is 503. The van der Waals surface area contributed by atoms with Gasteiger partial charge in [-0.2, -0.15) is 5.10 Å². The number of amides is 2. The van der Waals surface area contributed by atoms with Gasteiger partial charge in [-0.1, -0.05) is 6.92 Å². The Kier molecular flexibility index (Phi) is 3.96. The van der Waals surface area contributed by atoms with E-state index in [2.05, 4.69) is 10.4 Å². The molecule has 1 aliphatic heterocycles. The minimum Gasteiger partial charge on any atom is -0.481 e. The van der Waals surface area contributed by atoms with Crippen LogP contribution in [0.1, 0.15) is 26.2 Å². The molecule has 1 aromatic heterocycles. The highest BCUT2D eigenvalue weighted by molar-refractivity contribution is 5.89. The summed E-state index contributed by atoms with van der Waals surface area (Å²) in [5, 5.41) is 16.1. The molecule has 0 bridgehead atoms. The molecule has 2 N–H and O–H groups in total. The third-order valence-electron chi connectivity index (χ3n) is 4.09. The summed E-state index contributed by atoms with van der Waals surface area (Å²) in [5.41, 5.74) is -0.0338. The van der Waals surface area contributed by atoms with Gasteiger partial charge in [0.25, 0.3) is 0 Å². The summed E-state index contributed by atoms with van der Waals surface area (Å²) in [7, 11) is 1.78. The van der Waals surface area contributed by atoms with Crippen molar-refractivity contribution in [2.75, 3.05) is 18.4 Å². The molecule has 0 saturated carbocycles. The quantitative estimate of drug-likeness (QED) is 0.879. The minimum atomic E-state index is -0.757. The number of aliphatic carboxylic acids is 1. The number of hydrogen-bond acceptors (Lipinski definition) is 3. The molecule has 2 amide bonds. The zero-order valence-corrected chi connectivity index (χ0v) is 11.8. The molecule has 7 nitrogen and oxygen atoms in total. The number of urea groups is 1. The molecule has 0 radical (unpaired) electrons. The SMILES string of the molecule is CCC1(C(=O)O)CCN(C(=O)Nc2cnn(C)c2)CC1. The van der Waals surface area contributed by atoms with Crippen molar-refractivity contribution in [3.63, 3.8) is 0 Å². The number of likely N-dealkylation sites (tertiary alicyclic amines) is 1. The molecule has 0 aromatic carbocycles. The van der Waals surface area contributed by atoms with Crippen LogP contribution in [0.25, 0.3) is 0 Å². The standard InChI is InChI=1S/C13H20N4O3/c1-3-13(11(18)19)4-6-17(7-5-13)12(20)15-10-8-14-16(2)9-10/h8-9H,3-7H2,1-2H3,(H,15,20)(H,18,19). The second-order valence-electron chi connectivity index (χ2n) is 5.26. The summed E-state index contributed by atoms with van der Waals surface area (Å²) in [4.78, 5) is 25.1. The van der Waals surface area contributed by atoms with E-state index in [9.17, 15) is 14.7 Å². The first kappa shape index (κ1) is 14.4. The summed E-state index contributed by atoms with van der Waals surface area (Å²) in [5.74, 6) is -0.757. The first-order valence-corrected chi connectivity index (χ1v) is 6.75. The number of carbonyl (C=O) groups excluding carboxylic acids is 1. The monoisotopic (exact) mass is 280 g/mol. The van der Waals surface area contributed by atoms with Gasteiger partial charge < -0.3 is 15.3 Å². The molecule has 1 saturated heterocycles. The van der Waals surface area contributed by atoms with Crippen molar-refractivity contribution in [2.24, 2.45) is 12.5 Å². The number of carboxylic acids is 1. The van der Waals surface area contributed by atoms with Gasteiger partial charge in [0.15, 0.2) is 0 Å².